The third-order valence-electron chi connectivity index (χ3n) is 2.64. The van der Waals surface area contributed by atoms with Gasteiger partial charge in [-0.05, 0) is 19.8 Å². The number of aromatic nitrogens is 2. The second-order valence-corrected chi connectivity index (χ2v) is 4.93. The highest BCUT2D eigenvalue weighted by molar-refractivity contribution is 7.15. The molecule has 0 atom stereocenters. The van der Waals surface area contributed by atoms with Gasteiger partial charge in [-0.1, -0.05) is 16.5 Å². The highest BCUT2D eigenvalue weighted by Crippen LogP contribution is 2.41. The number of aryl methyl sites for hydroxylation is 1. The number of hydrogen-bond donors (Lipinski definition) is 0. The molecule has 0 amide bonds. The van der Waals surface area contributed by atoms with Crippen molar-refractivity contribution >= 4 is 11.3 Å². The largest absolute Gasteiger partial charge is 0.355 e. The fourth-order valence-electron chi connectivity index (χ4n) is 1.64. The first-order valence-corrected chi connectivity index (χ1v) is 5.94. The molecule has 0 N–H and O–H groups in total. The number of rotatable bonds is 2. The zero-order valence-electron chi connectivity index (χ0n) is 8.73. The van der Waals surface area contributed by atoms with Crippen molar-refractivity contribution in [2.75, 3.05) is 0 Å². The highest BCUT2D eigenvalue weighted by atomic mass is 32.1. The van der Waals surface area contributed by atoms with Gasteiger partial charge in [-0.25, -0.2) is 4.98 Å². The molecule has 1 aliphatic rings. The Morgan fingerprint density at radius 2 is 2.38 bits per heavy atom. The van der Waals surface area contributed by atoms with Crippen molar-refractivity contribution in [2.45, 2.75) is 25.7 Å². The smallest absolute Gasteiger partial charge is 0.195 e. The minimum Gasteiger partial charge on any atom is -0.355 e. The van der Waals surface area contributed by atoms with Crippen molar-refractivity contribution in [3.05, 3.63) is 22.5 Å². The molecule has 1 fully saturated rings. The monoisotopic (exact) mass is 231 g/mol. The standard InChI is InChI=1S/C11H9N3OS/c1-6-11(16-10(5-12)13-6)9-4-8(14-15-9)7-2-3-7/h4,7H,2-3H2,1H3. The van der Waals surface area contributed by atoms with Gasteiger partial charge in [0.1, 0.15) is 6.07 Å². The van der Waals surface area contributed by atoms with Crippen molar-refractivity contribution in [3.8, 4) is 16.7 Å². The summed E-state index contributed by atoms with van der Waals surface area (Å²) in [5.74, 6) is 1.32. The fourth-order valence-corrected chi connectivity index (χ4v) is 2.45. The van der Waals surface area contributed by atoms with Crippen LogP contribution in [0.25, 0.3) is 10.6 Å². The van der Waals surface area contributed by atoms with Gasteiger partial charge < -0.3 is 4.52 Å². The number of nitriles is 1. The van der Waals surface area contributed by atoms with E-state index in [0.717, 1.165) is 22.0 Å². The summed E-state index contributed by atoms with van der Waals surface area (Å²) in [6, 6.07) is 4.02. The number of hydrogen-bond acceptors (Lipinski definition) is 5. The van der Waals surface area contributed by atoms with Crippen LogP contribution in [-0.2, 0) is 0 Å². The van der Waals surface area contributed by atoms with Crippen molar-refractivity contribution in [3.63, 3.8) is 0 Å². The summed E-state index contributed by atoms with van der Waals surface area (Å²) in [5, 5.41) is 13.3. The lowest BCUT2D eigenvalue weighted by Gasteiger charge is -1.87. The van der Waals surface area contributed by atoms with Crippen LogP contribution in [0.15, 0.2) is 10.6 Å². The summed E-state index contributed by atoms with van der Waals surface area (Å²) >= 11 is 1.35. The zero-order valence-corrected chi connectivity index (χ0v) is 9.54. The second-order valence-electron chi connectivity index (χ2n) is 3.94. The normalized spacial score (nSPS) is 15.0. The van der Waals surface area contributed by atoms with Crippen LogP contribution in [0.3, 0.4) is 0 Å². The van der Waals surface area contributed by atoms with Crippen molar-refractivity contribution in [1.29, 1.82) is 5.26 Å². The van der Waals surface area contributed by atoms with Gasteiger partial charge in [0.15, 0.2) is 10.8 Å². The van der Waals surface area contributed by atoms with E-state index in [0.29, 0.717) is 10.9 Å². The van der Waals surface area contributed by atoms with Gasteiger partial charge >= 0.3 is 0 Å². The molecular weight excluding hydrogens is 222 g/mol. The van der Waals surface area contributed by atoms with E-state index in [1.807, 2.05) is 19.1 Å². The first kappa shape index (κ1) is 9.55. The maximum Gasteiger partial charge on any atom is 0.195 e. The summed E-state index contributed by atoms with van der Waals surface area (Å²) in [5.41, 5.74) is 1.86. The van der Waals surface area contributed by atoms with Gasteiger partial charge in [0, 0.05) is 12.0 Å². The van der Waals surface area contributed by atoms with Crippen LogP contribution in [0.2, 0.25) is 0 Å². The van der Waals surface area contributed by atoms with Crippen LogP contribution in [0.4, 0.5) is 0 Å². The van der Waals surface area contributed by atoms with Crippen molar-refractivity contribution < 1.29 is 4.52 Å². The molecule has 0 spiro atoms. The molecule has 0 unspecified atom stereocenters. The van der Waals surface area contributed by atoms with E-state index in [-0.39, 0.29) is 0 Å². The van der Waals surface area contributed by atoms with Crippen LogP contribution in [-0.4, -0.2) is 10.1 Å². The first-order chi connectivity index (χ1) is 7.78. The molecular formula is C11H9N3OS. The third-order valence-corrected chi connectivity index (χ3v) is 3.72. The lowest BCUT2D eigenvalue weighted by atomic mass is 10.2. The van der Waals surface area contributed by atoms with Gasteiger partial charge in [-0.2, -0.15) is 5.26 Å². The molecule has 2 aromatic heterocycles. The molecule has 1 saturated carbocycles. The second kappa shape index (κ2) is 3.42. The van der Waals surface area contributed by atoms with E-state index in [9.17, 15) is 0 Å². The fraction of sp³-hybridized carbons (Fsp3) is 0.364. The topological polar surface area (TPSA) is 62.7 Å². The molecule has 0 radical (unpaired) electrons. The van der Waals surface area contributed by atoms with E-state index >= 15 is 0 Å². The van der Waals surface area contributed by atoms with Crippen LogP contribution in [0.5, 0.6) is 0 Å². The van der Waals surface area contributed by atoms with Gasteiger partial charge in [0.05, 0.1) is 16.3 Å². The molecule has 16 heavy (non-hydrogen) atoms. The number of nitrogens with zero attached hydrogens (tertiary/aromatic N) is 3. The molecule has 0 aromatic carbocycles. The molecule has 0 saturated heterocycles. The molecule has 5 heteroatoms. The SMILES string of the molecule is Cc1nc(C#N)sc1-c1cc(C2CC2)no1. The summed E-state index contributed by atoms with van der Waals surface area (Å²) < 4.78 is 5.30. The Labute approximate surface area is 96.5 Å². The van der Waals surface area contributed by atoms with E-state index in [2.05, 4.69) is 10.1 Å². The predicted molar refractivity (Wildman–Crippen MR) is 59.0 cm³/mol. The predicted octanol–water partition coefficient (Wildman–Crippen LogP) is 2.86. The molecule has 0 aliphatic heterocycles. The van der Waals surface area contributed by atoms with Gasteiger partial charge in [0.25, 0.3) is 0 Å². The Morgan fingerprint density at radius 3 is 3.00 bits per heavy atom. The maximum atomic E-state index is 8.78. The van der Waals surface area contributed by atoms with Crippen LogP contribution < -0.4 is 0 Å². The van der Waals surface area contributed by atoms with Gasteiger partial charge in [-0.3, -0.25) is 0 Å². The molecule has 0 bridgehead atoms. The van der Waals surface area contributed by atoms with Crippen molar-refractivity contribution in [1.82, 2.24) is 10.1 Å². The Hall–Kier alpha value is -1.67. The van der Waals surface area contributed by atoms with E-state index in [1.54, 1.807) is 0 Å². The summed E-state index contributed by atoms with van der Waals surface area (Å²) in [7, 11) is 0. The Kier molecular flexibility index (Phi) is 2.04. The molecule has 1 aliphatic carbocycles. The van der Waals surface area contributed by atoms with E-state index < -0.39 is 0 Å². The minimum atomic E-state index is 0.469. The summed E-state index contributed by atoms with van der Waals surface area (Å²) in [6.45, 7) is 1.88. The third kappa shape index (κ3) is 1.51. The lowest BCUT2D eigenvalue weighted by molar-refractivity contribution is 0.424. The Morgan fingerprint density at radius 1 is 1.56 bits per heavy atom. The van der Waals surface area contributed by atoms with Gasteiger partial charge in [-0.15, -0.1) is 0 Å². The lowest BCUT2D eigenvalue weighted by Crippen LogP contribution is -1.75. The molecule has 3 rings (SSSR count). The molecule has 80 valence electrons. The Bertz CT molecular complexity index is 574. The average molecular weight is 231 g/mol. The number of thiazole rings is 1. The average Bonchev–Trinajstić information content (AvgIpc) is 2.89. The van der Waals surface area contributed by atoms with Gasteiger partial charge in [0.2, 0.25) is 0 Å². The molecule has 2 heterocycles. The van der Waals surface area contributed by atoms with Crippen LogP contribution in [0.1, 0.15) is 35.2 Å². The van der Waals surface area contributed by atoms with E-state index in [4.69, 9.17) is 9.78 Å². The minimum absolute atomic E-state index is 0.469. The molecule has 2 aromatic rings. The summed E-state index contributed by atoms with van der Waals surface area (Å²) in [6.07, 6.45) is 2.41. The molecule has 4 nitrogen and oxygen atoms in total. The zero-order chi connectivity index (χ0) is 11.1. The van der Waals surface area contributed by atoms with Crippen LogP contribution in [0, 0.1) is 18.3 Å². The maximum absolute atomic E-state index is 8.78. The summed E-state index contributed by atoms with van der Waals surface area (Å²) in [4.78, 5) is 5.06. The highest BCUT2D eigenvalue weighted by Gasteiger charge is 2.27. The quantitative estimate of drug-likeness (QED) is 0.797. The Balaban J connectivity index is 2.00. The van der Waals surface area contributed by atoms with E-state index in [1.165, 1.54) is 24.2 Å². The van der Waals surface area contributed by atoms with Crippen molar-refractivity contribution in [2.24, 2.45) is 0 Å². The van der Waals surface area contributed by atoms with Crippen LogP contribution >= 0.6 is 11.3 Å². The first-order valence-electron chi connectivity index (χ1n) is 5.12.